The summed E-state index contributed by atoms with van der Waals surface area (Å²) in [6.07, 6.45) is 4.33. The molecule has 212 valence electrons. The van der Waals surface area contributed by atoms with Gasteiger partial charge in [-0.05, 0) is 57.2 Å². The van der Waals surface area contributed by atoms with Gasteiger partial charge in [-0.25, -0.2) is 22.2 Å². The fourth-order valence-electron chi connectivity index (χ4n) is 5.63. The van der Waals surface area contributed by atoms with E-state index in [0.29, 0.717) is 24.1 Å². The van der Waals surface area contributed by atoms with Crippen molar-refractivity contribution in [1.82, 2.24) is 19.6 Å². The van der Waals surface area contributed by atoms with Gasteiger partial charge in [0, 0.05) is 43.1 Å². The molecule has 0 aliphatic carbocycles. The van der Waals surface area contributed by atoms with Gasteiger partial charge in [-0.3, -0.25) is 9.78 Å². The number of ether oxygens (including phenoxy) is 1. The molecule has 2 atom stereocenters. The number of amides is 1. The number of benzene rings is 2. The van der Waals surface area contributed by atoms with Crippen LogP contribution in [0.25, 0.3) is 0 Å². The molecule has 1 aromatic heterocycles. The van der Waals surface area contributed by atoms with Crippen LogP contribution in [0.2, 0.25) is 0 Å². The molecule has 2 aromatic carbocycles. The summed E-state index contributed by atoms with van der Waals surface area (Å²) in [5, 5.41) is 2.12. The van der Waals surface area contributed by atoms with Crippen molar-refractivity contribution in [2.75, 3.05) is 13.2 Å². The lowest BCUT2D eigenvalue weighted by Gasteiger charge is -2.39. The summed E-state index contributed by atoms with van der Waals surface area (Å²) in [5.41, 5.74) is -0.0111. The maximum Gasteiger partial charge on any atom is 0.272 e. The molecule has 2 aliphatic heterocycles. The van der Waals surface area contributed by atoms with E-state index in [0.717, 1.165) is 12.1 Å². The molecule has 3 aromatic rings. The standard InChI is InChI=1S/C29H32F2N4O4S/c1-19-16-32-17-26(33-19)28(36)34-29(10-12-39-13-11-29)23-15-24(30)22(14-25(23)31)18-35-20(2)8-9-27(40(35,37)38)21-6-4-3-5-7-21/h3-7,14-17,20,27H,8-13,18H2,1-2H3,(H,34,36)/t20-,27+/m0/s1. The minimum absolute atomic E-state index is 0.0114. The van der Waals surface area contributed by atoms with Crippen LogP contribution >= 0.6 is 0 Å². The van der Waals surface area contributed by atoms with E-state index in [4.69, 9.17) is 4.74 Å². The number of hydrogen-bond acceptors (Lipinski definition) is 6. The van der Waals surface area contributed by atoms with E-state index in [2.05, 4.69) is 15.3 Å². The number of aryl methyl sites for hydroxylation is 1. The van der Waals surface area contributed by atoms with E-state index >= 15 is 8.78 Å². The lowest BCUT2D eigenvalue weighted by Crippen LogP contribution is -2.50. The van der Waals surface area contributed by atoms with Crippen LogP contribution in [-0.4, -0.2) is 47.9 Å². The molecule has 1 N–H and O–H groups in total. The zero-order valence-corrected chi connectivity index (χ0v) is 23.3. The minimum atomic E-state index is -3.83. The number of aromatic nitrogens is 2. The highest BCUT2D eigenvalue weighted by atomic mass is 32.2. The van der Waals surface area contributed by atoms with Crippen molar-refractivity contribution >= 4 is 15.9 Å². The van der Waals surface area contributed by atoms with Crippen molar-refractivity contribution in [3.63, 3.8) is 0 Å². The van der Waals surface area contributed by atoms with Crippen LogP contribution in [0.1, 0.15) is 70.7 Å². The van der Waals surface area contributed by atoms with Gasteiger partial charge < -0.3 is 10.1 Å². The summed E-state index contributed by atoms with van der Waals surface area (Å²) in [7, 11) is -3.83. The molecule has 0 unspecified atom stereocenters. The van der Waals surface area contributed by atoms with Crippen LogP contribution in [0.15, 0.2) is 54.9 Å². The van der Waals surface area contributed by atoms with Crippen LogP contribution in [0.4, 0.5) is 8.78 Å². The monoisotopic (exact) mass is 570 g/mol. The molecule has 5 rings (SSSR count). The molecular weight excluding hydrogens is 538 g/mol. The number of nitrogens with one attached hydrogen (secondary N) is 1. The second-order valence-corrected chi connectivity index (χ2v) is 12.6. The van der Waals surface area contributed by atoms with Gasteiger partial charge >= 0.3 is 0 Å². The molecule has 40 heavy (non-hydrogen) atoms. The SMILES string of the molecule is Cc1cncc(C(=O)NC2(c3cc(F)c(CN4[C@@H](C)CC[C@H](c5ccccc5)S4(=O)=O)cc3F)CCOCC2)n1. The first kappa shape index (κ1) is 28.3. The van der Waals surface area contributed by atoms with Crippen molar-refractivity contribution in [2.24, 2.45) is 0 Å². The van der Waals surface area contributed by atoms with E-state index in [1.807, 2.05) is 6.07 Å². The molecule has 0 saturated carbocycles. The number of rotatable bonds is 6. The first-order valence-electron chi connectivity index (χ1n) is 13.3. The van der Waals surface area contributed by atoms with Crippen molar-refractivity contribution in [3.8, 4) is 0 Å². The number of carbonyl (C=O) groups excluding carboxylic acids is 1. The second kappa shape index (κ2) is 11.3. The van der Waals surface area contributed by atoms with Crippen molar-refractivity contribution in [3.05, 3.63) is 94.6 Å². The van der Waals surface area contributed by atoms with Crippen LogP contribution in [0, 0.1) is 18.6 Å². The van der Waals surface area contributed by atoms with Crippen molar-refractivity contribution in [1.29, 1.82) is 0 Å². The Bertz CT molecular complexity index is 1500. The Labute approximate surface area is 232 Å². The number of sulfonamides is 1. The average molecular weight is 571 g/mol. The normalized spacial score (nSPS) is 22.5. The molecular formula is C29H32F2N4O4S. The highest BCUT2D eigenvalue weighted by Crippen LogP contribution is 2.39. The average Bonchev–Trinajstić information content (AvgIpc) is 2.93. The highest BCUT2D eigenvalue weighted by Gasteiger charge is 2.42. The summed E-state index contributed by atoms with van der Waals surface area (Å²) < 4.78 is 65.4. The summed E-state index contributed by atoms with van der Waals surface area (Å²) in [4.78, 5) is 21.3. The molecule has 8 nitrogen and oxygen atoms in total. The molecule has 0 radical (unpaired) electrons. The number of nitrogens with zero attached hydrogens (tertiary/aromatic N) is 3. The maximum absolute atomic E-state index is 15.8. The Balaban J connectivity index is 1.45. The lowest BCUT2D eigenvalue weighted by molar-refractivity contribution is 0.0330. The van der Waals surface area contributed by atoms with Crippen LogP contribution in [0.3, 0.4) is 0 Å². The molecule has 2 aliphatic rings. The molecule has 0 spiro atoms. The maximum atomic E-state index is 15.8. The summed E-state index contributed by atoms with van der Waals surface area (Å²) in [6, 6.07) is 10.7. The number of carbonyl (C=O) groups is 1. The summed E-state index contributed by atoms with van der Waals surface area (Å²) in [5.74, 6) is -2.02. The van der Waals surface area contributed by atoms with Crippen LogP contribution in [-0.2, 0) is 26.8 Å². The fraction of sp³-hybridized carbons (Fsp3) is 0.414. The Morgan fingerprint density at radius 1 is 1.10 bits per heavy atom. The highest BCUT2D eigenvalue weighted by molar-refractivity contribution is 7.89. The smallest absolute Gasteiger partial charge is 0.272 e. The lowest BCUT2D eigenvalue weighted by atomic mass is 9.81. The van der Waals surface area contributed by atoms with Gasteiger partial charge in [-0.15, -0.1) is 0 Å². The number of hydrogen-bond donors (Lipinski definition) is 1. The number of halogens is 2. The van der Waals surface area contributed by atoms with Gasteiger partial charge in [-0.1, -0.05) is 30.3 Å². The van der Waals surface area contributed by atoms with E-state index < -0.39 is 38.4 Å². The fourth-order valence-corrected chi connectivity index (χ4v) is 7.82. The second-order valence-electron chi connectivity index (χ2n) is 10.5. The molecule has 11 heteroatoms. The Morgan fingerprint density at radius 3 is 2.52 bits per heavy atom. The van der Waals surface area contributed by atoms with Gasteiger partial charge in [0.15, 0.2) is 0 Å². The van der Waals surface area contributed by atoms with E-state index in [1.165, 1.54) is 16.7 Å². The third kappa shape index (κ3) is 5.50. The Kier molecular flexibility index (Phi) is 7.98. The third-order valence-corrected chi connectivity index (χ3v) is 10.2. The van der Waals surface area contributed by atoms with E-state index in [-0.39, 0.29) is 55.5 Å². The zero-order chi connectivity index (χ0) is 28.5. The van der Waals surface area contributed by atoms with E-state index in [1.54, 1.807) is 38.1 Å². The Hall–Kier alpha value is -3.28. The van der Waals surface area contributed by atoms with Gasteiger partial charge in [0.1, 0.15) is 22.6 Å². The van der Waals surface area contributed by atoms with Gasteiger partial charge in [0.25, 0.3) is 5.91 Å². The van der Waals surface area contributed by atoms with Gasteiger partial charge in [0.2, 0.25) is 10.0 Å². The first-order valence-corrected chi connectivity index (χ1v) is 14.8. The van der Waals surface area contributed by atoms with Crippen molar-refractivity contribution < 1.29 is 26.7 Å². The molecule has 1 amide bonds. The largest absolute Gasteiger partial charge is 0.381 e. The molecule has 2 fully saturated rings. The molecule has 0 bridgehead atoms. The minimum Gasteiger partial charge on any atom is -0.381 e. The quantitative estimate of drug-likeness (QED) is 0.467. The van der Waals surface area contributed by atoms with Gasteiger partial charge in [-0.2, -0.15) is 4.31 Å². The zero-order valence-electron chi connectivity index (χ0n) is 22.4. The Morgan fingerprint density at radius 2 is 1.82 bits per heavy atom. The predicted octanol–water partition coefficient (Wildman–Crippen LogP) is 4.55. The summed E-state index contributed by atoms with van der Waals surface area (Å²) in [6.45, 7) is 3.67. The predicted molar refractivity (Wildman–Crippen MR) is 145 cm³/mol. The molecule has 3 heterocycles. The third-order valence-electron chi connectivity index (χ3n) is 7.86. The van der Waals surface area contributed by atoms with Crippen molar-refractivity contribution in [2.45, 2.75) is 62.9 Å². The molecule has 2 saturated heterocycles. The topological polar surface area (TPSA) is 101 Å². The first-order chi connectivity index (χ1) is 19.1. The van der Waals surface area contributed by atoms with Crippen LogP contribution in [0.5, 0.6) is 0 Å². The van der Waals surface area contributed by atoms with E-state index in [9.17, 15) is 13.2 Å². The van der Waals surface area contributed by atoms with Crippen LogP contribution < -0.4 is 5.32 Å². The summed E-state index contributed by atoms with van der Waals surface area (Å²) >= 11 is 0. The van der Waals surface area contributed by atoms with Gasteiger partial charge in [0.05, 0.1) is 17.4 Å².